The van der Waals surface area contributed by atoms with Gasteiger partial charge in [-0.3, -0.25) is 4.98 Å². The summed E-state index contributed by atoms with van der Waals surface area (Å²) in [6.07, 6.45) is 2.70. The van der Waals surface area contributed by atoms with Crippen LogP contribution in [0.25, 0.3) is 0 Å². The minimum absolute atomic E-state index is 0.239. The number of methoxy groups -OCH3 is 1. The van der Waals surface area contributed by atoms with Crippen LogP contribution in [0.5, 0.6) is 5.75 Å². The summed E-state index contributed by atoms with van der Waals surface area (Å²) >= 11 is 0. The average molecular weight is 268 g/mol. The molecule has 0 saturated heterocycles. The van der Waals surface area contributed by atoms with E-state index in [-0.39, 0.29) is 5.92 Å². The van der Waals surface area contributed by atoms with E-state index in [0.717, 1.165) is 17.9 Å². The van der Waals surface area contributed by atoms with Gasteiger partial charge in [-0.1, -0.05) is 23.4 Å². The lowest BCUT2D eigenvalue weighted by molar-refractivity contribution is 0.317. The summed E-state index contributed by atoms with van der Waals surface area (Å²) in [5.41, 5.74) is 2.66. The van der Waals surface area contributed by atoms with Crippen molar-refractivity contribution in [2.45, 2.75) is 12.3 Å². The van der Waals surface area contributed by atoms with Gasteiger partial charge in [0.1, 0.15) is 11.5 Å². The molecular weight excluding hydrogens is 252 g/mol. The third-order valence-electron chi connectivity index (χ3n) is 3.72. The summed E-state index contributed by atoms with van der Waals surface area (Å²) in [5, 5.41) is 12.7. The van der Waals surface area contributed by atoms with Gasteiger partial charge in [0.25, 0.3) is 0 Å². The Labute approximate surface area is 117 Å². The van der Waals surface area contributed by atoms with E-state index in [2.05, 4.69) is 22.3 Å². The van der Waals surface area contributed by atoms with Gasteiger partial charge in [0.15, 0.2) is 0 Å². The van der Waals surface area contributed by atoms with Crippen LogP contribution in [0.3, 0.4) is 0 Å². The molecule has 1 aliphatic carbocycles. The summed E-state index contributed by atoms with van der Waals surface area (Å²) in [6.45, 7) is 0. The number of ether oxygens (including phenoxy) is 1. The molecule has 0 amide bonds. The molecular formula is C16H16N2O2. The molecule has 1 N–H and O–H groups in total. The zero-order valence-electron chi connectivity index (χ0n) is 11.2. The van der Waals surface area contributed by atoms with Crippen LogP contribution in [0.2, 0.25) is 0 Å². The zero-order valence-corrected chi connectivity index (χ0v) is 11.2. The molecule has 0 spiro atoms. The summed E-state index contributed by atoms with van der Waals surface area (Å²) in [7, 11) is 1.66. The Balaban J connectivity index is 1.77. The molecule has 0 unspecified atom stereocenters. The predicted octanol–water partition coefficient (Wildman–Crippen LogP) is 3.07. The van der Waals surface area contributed by atoms with Crippen molar-refractivity contribution in [2.75, 3.05) is 7.11 Å². The minimum atomic E-state index is 0.239. The van der Waals surface area contributed by atoms with E-state index in [1.54, 1.807) is 13.3 Å². The number of hydrogen-bond acceptors (Lipinski definition) is 4. The van der Waals surface area contributed by atoms with Gasteiger partial charge >= 0.3 is 0 Å². The first kappa shape index (κ1) is 12.7. The van der Waals surface area contributed by atoms with Crippen molar-refractivity contribution in [2.24, 2.45) is 11.1 Å². The van der Waals surface area contributed by atoms with Crippen LogP contribution in [0.1, 0.15) is 23.6 Å². The molecule has 1 aromatic heterocycles. The maximum absolute atomic E-state index is 9.26. The van der Waals surface area contributed by atoms with E-state index in [9.17, 15) is 5.21 Å². The maximum atomic E-state index is 9.26. The topological polar surface area (TPSA) is 54.7 Å². The van der Waals surface area contributed by atoms with Crippen molar-refractivity contribution < 1.29 is 9.94 Å². The number of oxime groups is 1. The average Bonchev–Trinajstić information content (AvgIpc) is 3.30. The molecule has 1 aromatic carbocycles. The van der Waals surface area contributed by atoms with Crippen LogP contribution >= 0.6 is 0 Å². The molecule has 0 aliphatic heterocycles. The smallest absolute Gasteiger partial charge is 0.118 e. The van der Waals surface area contributed by atoms with Gasteiger partial charge in [0, 0.05) is 12.1 Å². The Kier molecular flexibility index (Phi) is 3.37. The lowest BCUT2D eigenvalue weighted by Crippen LogP contribution is -2.07. The number of hydrogen-bond donors (Lipinski definition) is 1. The molecule has 0 radical (unpaired) electrons. The van der Waals surface area contributed by atoms with Crippen LogP contribution < -0.4 is 4.74 Å². The van der Waals surface area contributed by atoms with Gasteiger partial charge in [-0.05, 0) is 42.2 Å². The Hall–Kier alpha value is -2.36. The summed E-state index contributed by atoms with van der Waals surface area (Å²) in [6, 6.07) is 13.7. The van der Waals surface area contributed by atoms with Crippen LogP contribution in [0, 0.1) is 5.92 Å². The van der Waals surface area contributed by atoms with E-state index >= 15 is 0 Å². The Morgan fingerprint density at radius 3 is 2.65 bits per heavy atom. The van der Waals surface area contributed by atoms with Gasteiger partial charge in [0.05, 0.1) is 12.8 Å². The normalized spacial score (nSPS) is 21.6. The summed E-state index contributed by atoms with van der Waals surface area (Å²) in [4.78, 5) is 4.26. The van der Waals surface area contributed by atoms with Crippen LogP contribution in [-0.2, 0) is 0 Å². The highest BCUT2D eigenvalue weighted by Gasteiger charge is 2.43. The van der Waals surface area contributed by atoms with Crippen LogP contribution in [0.4, 0.5) is 0 Å². The van der Waals surface area contributed by atoms with Gasteiger partial charge < -0.3 is 9.94 Å². The Morgan fingerprint density at radius 1 is 1.25 bits per heavy atom. The van der Waals surface area contributed by atoms with Crippen molar-refractivity contribution >= 4 is 5.71 Å². The van der Waals surface area contributed by atoms with E-state index in [1.807, 2.05) is 30.3 Å². The quantitative estimate of drug-likeness (QED) is 0.526. The molecule has 4 nitrogen and oxygen atoms in total. The second-order valence-electron chi connectivity index (χ2n) is 4.92. The number of rotatable bonds is 4. The van der Waals surface area contributed by atoms with Crippen molar-refractivity contribution in [1.29, 1.82) is 0 Å². The predicted molar refractivity (Wildman–Crippen MR) is 76.4 cm³/mol. The molecule has 1 saturated carbocycles. The molecule has 0 bridgehead atoms. The molecule has 2 aromatic rings. The monoisotopic (exact) mass is 268 g/mol. The molecule has 1 aliphatic rings. The van der Waals surface area contributed by atoms with Crippen molar-refractivity contribution in [3.63, 3.8) is 0 Å². The van der Waals surface area contributed by atoms with Gasteiger partial charge in [-0.2, -0.15) is 0 Å². The van der Waals surface area contributed by atoms with Gasteiger partial charge in [-0.25, -0.2) is 0 Å². The minimum Gasteiger partial charge on any atom is -0.497 e. The SMILES string of the molecule is COc1ccc([C@H]2C[C@H]2/C(=N\O)c2ccccn2)cc1. The fourth-order valence-corrected chi connectivity index (χ4v) is 2.55. The van der Waals surface area contributed by atoms with E-state index in [1.165, 1.54) is 5.56 Å². The highest BCUT2D eigenvalue weighted by atomic mass is 16.5. The van der Waals surface area contributed by atoms with Gasteiger partial charge in [0.2, 0.25) is 0 Å². The highest BCUT2D eigenvalue weighted by molar-refractivity contribution is 6.02. The molecule has 1 fully saturated rings. The maximum Gasteiger partial charge on any atom is 0.118 e. The van der Waals surface area contributed by atoms with Crippen LogP contribution in [-0.4, -0.2) is 23.0 Å². The number of benzene rings is 1. The third-order valence-corrected chi connectivity index (χ3v) is 3.72. The van der Waals surface area contributed by atoms with E-state index in [0.29, 0.717) is 11.6 Å². The lowest BCUT2D eigenvalue weighted by atomic mass is 10.1. The zero-order chi connectivity index (χ0) is 13.9. The Bertz CT molecular complexity index is 608. The molecule has 1 heterocycles. The first-order valence-electron chi connectivity index (χ1n) is 6.61. The highest BCUT2D eigenvalue weighted by Crippen LogP contribution is 2.49. The molecule has 20 heavy (non-hydrogen) atoms. The summed E-state index contributed by atoms with van der Waals surface area (Å²) in [5.74, 6) is 1.49. The third kappa shape index (κ3) is 2.37. The van der Waals surface area contributed by atoms with E-state index < -0.39 is 0 Å². The number of aromatic nitrogens is 1. The second-order valence-corrected chi connectivity index (χ2v) is 4.92. The molecule has 102 valence electrons. The van der Waals surface area contributed by atoms with Gasteiger partial charge in [-0.15, -0.1) is 0 Å². The largest absolute Gasteiger partial charge is 0.497 e. The Morgan fingerprint density at radius 2 is 2.05 bits per heavy atom. The molecule has 4 heteroatoms. The second kappa shape index (κ2) is 5.33. The fourth-order valence-electron chi connectivity index (χ4n) is 2.55. The fraction of sp³-hybridized carbons (Fsp3) is 0.250. The van der Waals surface area contributed by atoms with Crippen LogP contribution in [0.15, 0.2) is 53.8 Å². The van der Waals surface area contributed by atoms with E-state index in [4.69, 9.17) is 4.74 Å². The first-order valence-corrected chi connectivity index (χ1v) is 6.61. The molecule has 3 rings (SSSR count). The van der Waals surface area contributed by atoms with Crippen molar-refractivity contribution in [3.05, 3.63) is 59.9 Å². The number of pyridine rings is 1. The summed E-state index contributed by atoms with van der Waals surface area (Å²) < 4.78 is 5.16. The first-order chi connectivity index (χ1) is 9.83. The van der Waals surface area contributed by atoms with Crippen molar-refractivity contribution in [3.8, 4) is 5.75 Å². The lowest BCUT2D eigenvalue weighted by Gasteiger charge is -2.04. The number of nitrogens with zero attached hydrogens (tertiary/aromatic N) is 2. The van der Waals surface area contributed by atoms with Crippen molar-refractivity contribution in [1.82, 2.24) is 4.98 Å². The molecule has 2 atom stereocenters. The standard InChI is InChI=1S/C16H16N2O2/c1-20-12-7-5-11(6-8-12)13-10-14(13)16(18-19)15-4-2-3-9-17-15/h2-9,13-14,19H,10H2,1H3/b18-16+/t13-,14-/m1/s1.